The van der Waals surface area contributed by atoms with E-state index in [2.05, 4.69) is 4.98 Å². The maximum atomic E-state index is 10.1. The fraction of sp³-hybridized carbons (Fsp3) is 0.267. The number of methoxy groups -OCH3 is 1. The van der Waals surface area contributed by atoms with Crippen LogP contribution in [0.1, 0.15) is 23.8 Å². The van der Waals surface area contributed by atoms with Crippen molar-refractivity contribution < 1.29 is 9.84 Å². The minimum atomic E-state index is -0.707. The number of halogens is 2. The number of aryl methyl sites for hydroxylation is 1. The first-order chi connectivity index (χ1) is 9.60. The number of ether oxygens (including phenoxy) is 1. The van der Waals surface area contributed by atoms with Crippen LogP contribution in [-0.2, 0) is 6.42 Å². The van der Waals surface area contributed by atoms with Crippen molar-refractivity contribution in [2.24, 2.45) is 0 Å². The molecule has 106 valence electrons. The van der Waals surface area contributed by atoms with Crippen molar-refractivity contribution >= 4 is 23.2 Å². The summed E-state index contributed by atoms with van der Waals surface area (Å²) in [5.74, 6) is 0.816. The minimum Gasteiger partial charge on any atom is -0.497 e. The molecule has 0 amide bonds. The molecule has 0 bridgehead atoms. The van der Waals surface area contributed by atoms with Gasteiger partial charge in [-0.1, -0.05) is 35.3 Å². The third-order valence-corrected chi connectivity index (χ3v) is 3.53. The number of hydrogen-bond donors (Lipinski definition) is 1. The highest BCUT2D eigenvalue weighted by Gasteiger charge is 2.13. The van der Waals surface area contributed by atoms with Crippen molar-refractivity contribution in [1.29, 1.82) is 0 Å². The molecule has 3 nitrogen and oxygen atoms in total. The van der Waals surface area contributed by atoms with Crippen LogP contribution in [0.5, 0.6) is 5.75 Å². The molecule has 1 unspecified atom stereocenters. The molecule has 0 aliphatic rings. The quantitative estimate of drug-likeness (QED) is 0.905. The summed E-state index contributed by atoms with van der Waals surface area (Å²) in [6.07, 6.45) is 2.05. The van der Waals surface area contributed by atoms with Gasteiger partial charge in [-0.15, -0.1) is 0 Å². The predicted molar refractivity (Wildman–Crippen MR) is 80.5 cm³/mol. The van der Waals surface area contributed by atoms with Gasteiger partial charge in [-0.3, -0.25) is 4.98 Å². The van der Waals surface area contributed by atoms with Gasteiger partial charge >= 0.3 is 0 Å². The Hall–Kier alpha value is -1.29. The first-order valence-corrected chi connectivity index (χ1v) is 6.97. The van der Waals surface area contributed by atoms with Crippen molar-refractivity contribution in [2.45, 2.75) is 18.9 Å². The number of aliphatic hydroxyl groups excluding tert-OH is 1. The number of aromatic nitrogens is 1. The Labute approximate surface area is 128 Å². The zero-order chi connectivity index (χ0) is 14.5. The Balaban J connectivity index is 1.98. The van der Waals surface area contributed by atoms with Crippen LogP contribution in [0.25, 0.3) is 0 Å². The largest absolute Gasteiger partial charge is 0.497 e. The lowest BCUT2D eigenvalue weighted by atomic mass is 10.0. The van der Waals surface area contributed by atoms with Crippen molar-refractivity contribution in [3.8, 4) is 5.75 Å². The highest BCUT2D eigenvalue weighted by Crippen LogP contribution is 2.26. The van der Waals surface area contributed by atoms with E-state index in [0.717, 1.165) is 17.7 Å². The molecule has 1 N–H and O–H groups in total. The van der Waals surface area contributed by atoms with Crippen molar-refractivity contribution in [2.75, 3.05) is 7.11 Å². The van der Waals surface area contributed by atoms with Gasteiger partial charge in [-0.05, 0) is 36.6 Å². The first-order valence-electron chi connectivity index (χ1n) is 6.22. The Bertz CT molecular complexity index is 573. The summed E-state index contributed by atoms with van der Waals surface area (Å²) in [5, 5.41) is 11.0. The lowest BCUT2D eigenvalue weighted by Gasteiger charge is -2.12. The van der Waals surface area contributed by atoms with Gasteiger partial charge in [-0.2, -0.15) is 0 Å². The molecule has 20 heavy (non-hydrogen) atoms. The van der Waals surface area contributed by atoms with E-state index < -0.39 is 6.10 Å². The molecule has 0 fully saturated rings. The Morgan fingerprint density at radius 1 is 1.25 bits per heavy atom. The molecule has 0 saturated carbocycles. The fourth-order valence-electron chi connectivity index (χ4n) is 1.90. The van der Waals surface area contributed by atoms with Crippen LogP contribution in [0, 0.1) is 0 Å². The summed E-state index contributed by atoms with van der Waals surface area (Å²) in [6, 6.07) is 9.33. The van der Waals surface area contributed by atoms with Gasteiger partial charge in [0.1, 0.15) is 5.75 Å². The maximum absolute atomic E-state index is 10.1. The molecule has 1 aromatic carbocycles. The van der Waals surface area contributed by atoms with E-state index in [-0.39, 0.29) is 0 Å². The van der Waals surface area contributed by atoms with E-state index >= 15 is 0 Å². The molecule has 0 saturated heterocycles. The van der Waals surface area contributed by atoms with E-state index in [9.17, 15) is 5.11 Å². The van der Waals surface area contributed by atoms with Crippen molar-refractivity contribution in [1.82, 2.24) is 4.98 Å². The second kappa shape index (κ2) is 6.93. The Morgan fingerprint density at radius 2 is 1.95 bits per heavy atom. The standard InChI is InChI=1S/C15H15Cl2NO2/c1-20-12-5-2-10(3-6-12)4-7-14(19)15-13(17)8-11(16)9-18-15/h2-3,5-6,8-9,14,19H,4,7H2,1H3. The fourth-order valence-corrected chi connectivity index (χ4v) is 2.41. The summed E-state index contributed by atoms with van der Waals surface area (Å²) < 4.78 is 5.10. The van der Waals surface area contributed by atoms with E-state index in [1.807, 2.05) is 24.3 Å². The zero-order valence-corrected chi connectivity index (χ0v) is 12.5. The molecule has 0 spiro atoms. The van der Waals surface area contributed by atoms with Gasteiger partial charge in [0.05, 0.1) is 29.0 Å². The van der Waals surface area contributed by atoms with E-state index in [1.165, 1.54) is 6.20 Å². The van der Waals surface area contributed by atoms with Crippen LogP contribution < -0.4 is 4.74 Å². The molecule has 1 aromatic heterocycles. The third kappa shape index (κ3) is 3.85. The maximum Gasteiger partial charge on any atom is 0.118 e. The lowest BCUT2D eigenvalue weighted by Crippen LogP contribution is -2.03. The van der Waals surface area contributed by atoms with Crippen LogP contribution in [0.3, 0.4) is 0 Å². The summed E-state index contributed by atoms with van der Waals surface area (Å²) >= 11 is 11.8. The van der Waals surface area contributed by atoms with Gasteiger partial charge in [0.15, 0.2) is 0 Å². The molecule has 0 aliphatic heterocycles. The van der Waals surface area contributed by atoms with Crippen molar-refractivity contribution in [3.63, 3.8) is 0 Å². The second-order valence-electron chi connectivity index (χ2n) is 4.42. The van der Waals surface area contributed by atoms with Gasteiger partial charge in [-0.25, -0.2) is 0 Å². The number of aliphatic hydroxyl groups is 1. The molecule has 5 heteroatoms. The highest BCUT2D eigenvalue weighted by molar-refractivity contribution is 6.34. The number of nitrogens with zero attached hydrogens (tertiary/aromatic N) is 1. The van der Waals surface area contributed by atoms with Crippen molar-refractivity contribution in [3.05, 3.63) is 57.8 Å². The summed E-state index contributed by atoms with van der Waals surface area (Å²) in [6.45, 7) is 0. The van der Waals surface area contributed by atoms with Gasteiger partial charge in [0, 0.05) is 6.20 Å². The highest BCUT2D eigenvalue weighted by atomic mass is 35.5. The first kappa shape index (κ1) is 15.1. The van der Waals surface area contributed by atoms with Crippen LogP contribution in [0.15, 0.2) is 36.5 Å². The van der Waals surface area contributed by atoms with E-state index in [1.54, 1.807) is 13.2 Å². The molecule has 2 rings (SSSR count). The summed E-state index contributed by atoms with van der Waals surface area (Å²) in [4.78, 5) is 4.08. The summed E-state index contributed by atoms with van der Waals surface area (Å²) in [7, 11) is 1.63. The average Bonchev–Trinajstić information content (AvgIpc) is 2.45. The minimum absolute atomic E-state index is 0.389. The van der Waals surface area contributed by atoms with Gasteiger partial charge < -0.3 is 9.84 Å². The zero-order valence-electron chi connectivity index (χ0n) is 11.0. The van der Waals surface area contributed by atoms with Crippen LogP contribution in [0.2, 0.25) is 10.0 Å². The molecule has 0 aliphatic carbocycles. The van der Waals surface area contributed by atoms with Gasteiger partial charge in [0.25, 0.3) is 0 Å². The molecular formula is C15H15Cl2NO2. The Morgan fingerprint density at radius 3 is 2.55 bits per heavy atom. The van der Waals surface area contributed by atoms with Crippen LogP contribution >= 0.6 is 23.2 Å². The lowest BCUT2D eigenvalue weighted by molar-refractivity contribution is 0.163. The normalized spacial score (nSPS) is 12.2. The molecule has 1 atom stereocenters. The summed E-state index contributed by atoms with van der Waals surface area (Å²) in [5.41, 5.74) is 1.58. The van der Waals surface area contributed by atoms with Crippen LogP contribution in [-0.4, -0.2) is 17.2 Å². The number of pyridine rings is 1. The number of benzene rings is 1. The van der Waals surface area contributed by atoms with Crippen LogP contribution in [0.4, 0.5) is 0 Å². The van der Waals surface area contributed by atoms with E-state index in [4.69, 9.17) is 27.9 Å². The molecule has 2 aromatic rings. The van der Waals surface area contributed by atoms with Gasteiger partial charge in [0.2, 0.25) is 0 Å². The predicted octanol–water partition coefficient (Wildman–Crippen LogP) is 4.06. The molecule has 0 radical (unpaired) electrons. The molecular weight excluding hydrogens is 297 g/mol. The van der Waals surface area contributed by atoms with E-state index in [0.29, 0.717) is 22.2 Å². The third-order valence-electron chi connectivity index (χ3n) is 3.02. The SMILES string of the molecule is COc1ccc(CCC(O)c2ncc(Cl)cc2Cl)cc1. The smallest absolute Gasteiger partial charge is 0.118 e. The monoisotopic (exact) mass is 311 g/mol. The topological polar surface area (TPSA) is 42.4 Å². The second-order valence-corrected chi connectivity index (χ2v) is 5.27. The number of rotatable bonds is 5. The average molecular weight is 312 g/mol. The number of hydrogen-bond acceptors (Lipinski definition) is 3. The Kier molecular flexibility index (Phi) is 5.24. The molecule has 1 heterocycles.